The number of esters is 1. The Hall–Kier alpha value is -2.03. The van der Waals surface area contributed by atoms with Crippen molar-refractivity contribution in [1.29, 1.82) is 0 Å². The van der Waals surface area contributed by atoms with E-state index in [-0.39, 0.29) is 17.6 Å². The summed E-state index contributed by atoms with van der Waals surface area (Å²) in [5.74, 6) is -0.0209. The molecule has 3 aromatic rings. The average Bonchev–Trinajstić information content (AvgIpc) is 3.13. The molecular weight excluding hydrogens is 794 g/mol. The minimum atomic E-state index is -0.491. The number of carbonyl (C=O) groups excluding carboxylic acids is 2. The van der Waals surface area contributed by atoms with Gasteiger partial charge in [-0.3, -0.25) is 14.5 Å². The van der Waals surface area contributed by atoms with Crippen molar-refractivity contribution in [3.8, 4) is 5.75 Å². The van der Waals surface area contributed by atoms with Crippen molar-refractivity contribution >= 4 is 102 Å². The minimum Gasteiger partial charge on any atom is -0.487 e. The van der Waals surface area contributed by atoms with Crippen LogP contribution in [-0.2, 0) is 27.4 Å². The van der Waals surface area contributed by atoms with Crippen molar-refractivity contribution in [3.63, 3.8) is 0 Å². The predicted octanol–water partition coefficient (Wildman–Crippen LogP) is 6.95. The number of amides is 1. The number of carbonyl (C=O) groups is 2. The van der Waals surface area contributed by atoms with Crippen LogP contribution in [0.1, 0.15) is 23.6 Å². The molecule has 0 saturated carbocycles. The Bertz CT molecular complexity index is 1390. The summed E-state index contributed by atoms with van der Waals surface area (Å²) in [7, 11) is 1.31. The largest absolute Gasteiger partial charge is 0.487 e. The quantitative estimate of drug-likeness (QED) is 0.106. The molecule has 0 radical (unpaired) electrons. The summed E-state index contributed by atoms with van der Waals surface area (Å²) in [6, 6.07) is 19.5. The molecular formula is C28H23BrI2N2O4S. The van der Waals surface area contributed by atoms with Crippen LogP contribution in [0.2, 0.25) is 0 Å². The zero-order valence-corrected chi connectivity index (χ0v) is 27.3. The number of anilines is 1. The van der Waals surface area contributed by atoms with Gasteiger partial charge in [0.2, 0.25) is 0 Å². The summed E-state index contributed by atoms with van der Waals surface area (Å²) in [4.78, 5) is 28.8. The molecule has 1 aliphatic rings. The SMILES string of the molecule is CCc1ccc(N2C(=O)/C(=C/c3cc(I)c(OCc4ccc(Br)cc4)c(I)c3)N(CC(=O)OC)C2=S)cc1. The number of nitrogens with zero attached hydrogens (tertiary/aromatic N) is 2. The van der Waals surface area contributed by atoms with Crippen molar-refractivity contribution in [2.24, 2.45) is 0 Å². The zero-order valence-electron chi connectivity index (χ0n) is 20.5. The van der Waals surface area contributed by atoms with Gasteiger partial charge in [-0.05, 0) is 123 Å². The van der Waals surface area contributed by atoms with Gasteiger partial charge in [0.1, 0.15) is 24.6 Å². The number of hydrogen-bond donors (Lipinski definition) is 0. The number of thiocarbonyl (C=S) groups is 1. The first-order valence-corrected chi connectivity index (χ1v) is 15.0. The second-order valence-electron chi connectivity index (χ2n) is 8.36. The van der Waals surface area contributed by atoms with Crippen LogP contribution < -0.4 is 9.64 Å². The summed E-state index contributed by atoms with van der Waals surface area (Å²) in [6.45, 7) is 2.34. The van der Waals surface area contributed by atoms with Crippen LogP contribution in [0, 0.1) is 7.14 Å². The Morgan fingerprint density at radius 3 is 2.21 bits per heavy atom. The van der Waals surface area contributed by atoms with E-state index >= 15 is 0 Å². The highest BCUT2D eigenvalue weighted by Gasteiger charge is 2.40. The number of methoxy groups -OCH3 is 1. The lowest BCUT2D eigenvalue weighted by atomic mass is 10.1. The van der Waals surface area contributed by atoms with E-state index < -0.39 is 5.97 Å². The van der Waals surface area contributed by atoms with Gasteiger partial charge in [0.05, 0.1) is 19.9 Å². The molecule has 6 nitrogen and oxygen atoms in total. The maximum Gasteiger partial charge on any atom is 0.325 e. The van der Waals surface area contributed by atoms with Gasteiger partial charge in [-0.25, -0.2) is 0 Å². The molecule has 10 heteroatoms. The molecule has 0 bridgehead atoms. The van der Waals surface area contributed by atoms with Gasteiger partial charge in [0.15, 0.2) is 5.11 Å². The molecule has 4 rings (SSSR count). The first kappa shape index (κ1) is 29.0. The molecule has 196 valence electrons. The lowest BCUT2D eigenvalue weighted by Crippen LogP contribution is -2.35. The van der Waals surface area contributed by atoms with Gasteiger partial charge in [0, 0.05) is 4.47 Å². The lowest BCUT2D eigenvalue weighted by Gasteiger charge is -2.19. The fourth-order valence-electron chi connectivity index (χ4n) is 3.83. The van der Waals surface area contributed by atoms with Crippen molar-refractivity contribution in [2.75, 3.05) is 18.6 Å². The summed E-state index contributed by atoms with van der Waals surface area (Å²) in [5.41, 5.74) is 3.95. The van der Waals surface area contributed by atoms with Crippen molar-refractivity contribution < 1.29 is 19.1 Å². The molecule has 1 saturated heterocycles. The third-order valence-electron chi connectivity index (χ3n) is 5.87. The van der Waals surface area contributed by atoms with Crippen LogP contribution in [0.3, 0.4) is 0 Å². The Labute approximate surface area is 262 Å². The van der Waals surface area contributed by atoms with Gasteiger partial charge in [0.25, 0.3) is 5.91 Å². The van der Waals surface area contributed by atoms with Gasteiger partial charge in [-0.1, -0.05) is 47.1 Å². The third-order valence-corrected chi connectivity index (χ3v) is 8.41. The highest BCUT2D eigenvalue weighted by molar-refractivity contribution is 14.1. The van der Waals surface area contributed by atoms with Crippen molar-refractivity contribution in [3.05, 3.63) is 94.7 Å². The smallest absolute Gasteiger partial charge is 0.325 e. The molecule has 38 heavy (non-hydrogen) atoms. The standard InChI is InChI=1S/C28H23BrI2N2O4S/c1-3-17-6-10-21(11-7-17)33-27(35)24(32(28(33)38)15-25(34)36-2)14-19-12-22(30)26(23(31)13-19)37-16-18-4-8-20(29)9-5-18/h4-14H,3,15-16H2,1-2H3/b24-14-. The molecule has 0 atom stereocenters. The van der Waals surface area contributed by atoms with E-state index in [1.54, 1.807) is 6.08 Å². The van der Waals surface area contributed by atoms with E-state index in [0.717, 1.165) is 40.5 Å². The topological polar surface area (TPSA) is 59.1 Å². The summed E-state index contributed by atoms with van der Waals surface area (Å²) in [5, 5.41) is 0.231. The summed E-state index contributed by atoms with van der Waals surface area (Å²) in [6.07, 6.45) is 2.64. The van der Waals surface area contributed by atoms with Crippen LogP contribution in [0.5, 0.6) is 5.75 Å². The Kier molecular flexibility index (Phi) is 9.82. The van der Waals surface area contributed by atoms with Crippen molar-refractivity contribution in [1.82, 2.24) is 4.90 Å². The van der Waals surface area contributed by atoms with E-state index in [0.29, 0.717) is 18.0 Å². The number of benzene rings is 3. The predicted molar refractivity (Wildman–Crippen MR) is 173 cm³/mol. The Balaban J connectivity index is 1.65. The molecule has 0 unspecified atom stereocenters. The number of halogens is 3. The first-order chi connectivity index (χ1) is 18.2. The molecule has 0 spiro atoms. The number of ether oxygens (including phenoxy) is 2. The maximum atomic E-state index is 13.6. The molecule has 0 N–H and O–H groups in total. The van der Waals surface area contributed by atoms with Crippen LogP contribution in [0.25, 0.3) is 6.08 Å². The van der Waals surface area contributed by atoms with E-state index in [9.17, 15) is 9.59 Å². The second kappa shape index (κ2) is 12.9. The molecule has 3 aromatic carbocycles. The van der Waals surface area contributed by atoms with Crippen molar-refractivity contribution in [2.45, 2.75) is 20.0 Å². The average molecular weight is 817 g/mol. The number of rotatable bonds is 8. The third kappa shape index (κ3) is 6.57. The molecule has 0 aliphatic carbocycles. The van der Waals surface area contributed by atoms with Gasteiger partial charge in [-0.15, -0.1) is 0 Å². The first-order valence-electron chi connectivity index (χ1n) is 11.6. The molecule has 1 aliphatic heterocycles. The highest BCUT2D eigenvalue weighted by Crippen LogP contribution is 2.33. The summed E-state index contributed by atoms with van der Waals surface area (Å²) >= 11 is 13.6. The van der Waals surface area contributed by atoms with E-state index in [1.165, 1.54) is 16.9 Å². The van der Waals surface area contributed by atoms with Crippen LogP contribution in [0.4, 0.5) is 5.69 Å². The highest BCUT2D eigenvalue weighted by atomic mass is 127. The second-order valence-corrected chi connectivity index (χ2v) is 12.0. The van der Waals surface area contributed by atoms with Gasteiger partial charge < -0.3 is 14.4 Å². The molecule has 1 amide bonds. The monoisotopic (exact) mass is 816 g/mol. The van der Waals surface area contributed by atoms with Crippen LogP contribution in [0.15, 0.2) is 70.8 Å². The fraction of sp³-hybridized carbons (Fsp3) is 0.179. The van der Waals surface area contributed by atoms with Crippen LogP contribution >= 0.6 is 73.3 Å². The van der Waals surface area contributed by atoms with E-state index in [2.05, 4.69) is 68.0 Å². The molecule has 1 fully saturated rings. The van der Waals surface area contributed by atoms with E-state index in [1.807, 2.05) is 60.7 Å². The van der Waals surface area contributed by atoms with E-state index in [4.69, 9.17) is 21.7 Å². The van der Waals surface area contributed by atoms with Crippen LogP contribution in [-0.4, -0.2) is 35.5 Å². The molecule has 0 aromatic heterocycles. The summed E-state index contributed by atoms with van der Waals surface area (Å²) < 4.78 is 13.8. The molecule has 1 heterocycles. The number of aryl methyl sites for hydroxylation is 1. The lowest BCUT2D eigenvalue weighted by molar-refractivity contribution is -0.140. The number of hydrogen-bond acceptors (Lipinski definition) is 5. The minimum absolute atomic E-state index is 0.168. The fourth-order valence-corrected chi connectivity index (χ4v) is 6.57. The zero-order chi connectivity index (χ0) is 27.4. The Morgan fingerprint density at radius 1 is 1.03 bits per heavy atom. The normalized spacial score (nSPS) is 14.4. The Morgan fingerprint density at radius 2 is 1.63 bits per heavy atom. The van der Waals surface area contributed by atoms with Gasteiger partial charge in [-0.2, -0.15) is 0 Å². The van der Waals surface area contributed by atoms with Gasteiger partial charge >= 0.3 is 5.97 Å². The maximum absolute atomic E-state index is 13.6.